The Kier molecular flexibility index (Phi) is 8.41. The van der Waals surface area contributed by atoms with Crippen LogP contribution in [0.1, 0.15) is 22.3 Å². The molecule has 0 bridgehead atoms. The smallest absolute Gasteiger partial charge is 0.165 e. The van der Waals surface area contributed by atoms with Gasteiger partial charge in [-0.2, -0.15) is 15.8 Å². The lowest BCUT2D eigenvalue weighted by Crippen LogP contribution is -2.05. The fourth-order valence-electron chi connectivity index (χ4n) is 2.60. The number of carbonyl (C=O) groups is 1. The lowest BCUT2D eigenvalue weighted by molar-refractivity contribution is 0.0976. The molecule has 2 aromatic carbocycles. The highest BCUT2D eigenvalue weighted by molar-refractivity contribution is 5.96. The van der Waals surface area contributed by atoms with Crippen molar-refractivity contribution in [1.29, 1.82) is 15.8 Å². The van der Waals surface area contributed by atoms with Crippen LogP contribution in [0.4, 0.5) is 0 Å². The van der Waals surface area contributed by atoms with Crippen LogP contribution in [0.2, 0.25) is 0 Å². The predicted octanol–water partition coefficient (Wildman–Crippen LogP) is 4.49. The predicted molar refractivity (Wildman–Crippen MR) is 114 cm³/mol. The summed E-state index contributed by atoms with van der Waals surface area (Å²) < 4.78 is 10.0. The molecule has 0 fully saturated rings. The number of aromatic nitrogens is 1. The minimum absolute atomic E-state index is 0.0701. The monoisotopic (exact) mass is 412 g/mol. The fraction of sp³-hybridized carbons (Fsp3) is 0.167. The number of nitrogens with zero attached hydrogens (tertiary/aromatic N) is 3. The van der Waals surface area contributed by atoms with Gasteiger partial charge in [-0.1, -0.05) is 0 Å². The molecule has 0 saturated heterocycles. The maximum Gasteiger partial charge on any atom is 0.165 e. The van der Waals surface area contributed by atoms with Gasteiger partial charge in [-0.05, 0) is 60.2 Å². The minimum Gasteiger partial charge on any atom is -0.497 e. The Labute approximate surface area is 180 Å². The van der Waals surface area contributed by atoms with Crippen LogP contribution in [0.25, 0.3) is 11.3 Å². The number of rotatable bonds is 6. The molecule has 3 rings (SSSR count). The molecule has 31 heavy (non-hydrogen) atoms. The molecule has 1 N–H and O–H groups in total. The molecule has 0 atom stereocenters. The second kappa shape index (κ2) is 11.5. The van der Waals surface area contributed by atoms with Gasteiger partial charge in [0.25, 0.3) is 0 Å². The van der Waals surface area contributed by atoms with Gasteiger partial charge in [-0.3, -0.25) is 4.79 Å². The normalized spacial score (nSPS) is 9.42. The van der Waals surface area contributed by atoms with Crippen molar-refractivity contribution in [1.82, 2.24) is 4.98 Å². The zero-order valence-electron chi connectivity index (χ0n) is 17.1. The number of hydrogen-bond donors (Lipinski definition) is 1. The number of carbonyl (C=O) groups excluding carboxylic acids is 1. The van der Waals surface area contributed by atoms with E-state index in [9.17, 15) is 4.79 Å². The van der Waals surface area contributed by atoms with Crippen LogP contribution in [-0.4, -0.2) is 25.0 Å². The average Bonchev–Trinajstić information content (AvgIpc) is 3.32. The number of nitriles is 3. The van der Waals surface area contributed by atoms with Crippen molar-refractivity contribution >= 4 is 5.78 Å². The van der Waals surface area contributed by atoms with Gasteiger partial charge in [-0.25, -0.2) is 0 Å². The number of ether oxygens (including phenoxy) is 2. The Morgan fingerprint density at radius 2 is 1.48 bits per heavy atom. The van der Waals surface area contributed by atoms with E-state index in [0.717, 1.165) is 17.0 Å². The molecule has 0 amide bonds. The van der Waals surface area contributed by atoms with Crippen molar-refractivity contribution in [2.24, 2.45) is 5.92 Å². The zero-order valence-corrected chi connectivity index (χ0v) is 17.1. The molecular weight excluding hydrogens is 392 g/mol. The number of benzene rings is 2. The van der Waals surface area contributed by atoms with E-state index in [0.29, 0.717) is 16.9 Å². The summed E-state index contributed by atoms with van der Waals surface area (Å²) in [7, 11) is 3.18. The topological polar surface area (TPSA) is 123 Å². The first-order valence-electron chi connectivity index (χ1n) is 9.24. The molecule has 154 valence electrons. The lowest BCUT2D eigenvalue weighted by Gasteiger charge is -2.02. The summed E-state index contributed by atoms with van der Waals surface area (Å²) >= 11 is 0. The zero-order chi connectivity index (χ0) is 22.6. The standard InChI is InChI=1S/C12H10N2O2.C12H10N2O/c1-16-11-4-2-10(3-5-11)12(15)6-9(7-13)8-14;1-15-11-4-2-10(3-5-11)12-6-9(7-13)8-14-12/h2-5,9H,6H2,1H3;2-6,8,14H,1H3. The maximum absolute atomic E-state index is 11.6. The number of hydrogen-bond acceptors (Lipinski definition) is 6. The van der Waals surface area contributed by atoms with Crippen LogP contribution in [0.15, 0.2) is 60.8 Å². The van der Waals surface area contributed by atoms with Crippen molar-refractivity contribution in [3.8, 4) is 41.0 Å². The Balaban J connectivity index is 0.000000220. The summed E-state index contributed by atoms with van der Waals surface area (Å²) in [4.78, 5) is 14.7. The molecule has 0 unspecified atom stereocenters. The van der Waals surface area contributed by atoms with E-state index < -0.39 is 5.92 Å². The molecule has 1 aromatic heterocycles. The fourth-order valence-corrected chi connectivity index (χ4v) is 2.60. The van der Waals surface area contributed by atoms with E-state index in [4.69, 9.17) is 25.3 Å². The first kappa shape index (κ1) is 22.7. The van der Waals surface area contributed by atoms with Gasteiger partial charge in [0.15, 0.2) is 5.78 Å². The van der Waals surface area contributed by atoms with Crippen LogP contribution in [-0.2, 0) is 0 Å². The Hall–Kier alpha value is -4.54. The van der Waals surface area contributed by atoms with E-state index in [1.165, 1.54) is 7.11 Å². The van der Waals surface area contributed by atoms with Crippen molar-refractivity contribution in [3.63, 3.8) is 0 Å². The van der Waals surface area contributed by atoms with Crippen molar-refractivity contribution in [2.75, 3.05) is 14.2 Å². The summed E-state index contributed by atoms with van der Waals surface area (Å²) in [5.41, 5.74) is 3.10. The van der Waals surface area contributed by atoms with Crippen LogP contribution in [0, 0.1) is 39.9 Å². The summed E-state index contributed by atoms with van der Waals surface area (Å²) in [6.07, 6.45) is 1.62. The van der Waals surface area contributed by atoms with Crippen LogP contribution >= 0.6 is 0 Å². The SMILES string of the molecule is COc1ccc(-c2cc(C#N)c[nH]2)cc1.COc1ccc(C(=O)CC(C#N)C#N)cc1. The highest BCUT2D eigenvalue weighted by Crippen LogP contribution is 2.21. The third-order valence-corrected chi connectivity index (χ3v) is 4.33. The Morgan fingerprint density at radius 1 is 0.935 bits per heavy atom. The largest absolute Gasteiger partial charge is 0.497 e. The second-order valence-corrected chi connectivity index (χ2v) is 6.31. The molecule has 7 nitrogen and oxygen atoms in total. The van der Waals surface area contributed by atoms with E-state index in [1.807, 2.05) is 30.3 Å². The molecule has 0 aliphatic heterocycles. The lowest BCUT2D eigenvalue weighted by atomic mass is 10.0. The highest BCUT2D eigenvalue weighted by atomic mass is 16.5. The van der Waals surface area contributed by atoms with Crippen molar-refractivity contribution in [2.45, 2.75) is 6.42 Å². The number of methoxy groups -OCH3 is 2. The quantitative estimate of drug-likeness (QED) is 0.595. The van der Waals surface area contributed by atoms with Gasteiger partial charge < -0.3 is 14.5 Å². The van der Waals surface area contributed by atoms with Gasteiger partial charge in [0.05, 0.1) is 31.9 Å². The number of aromatic amines is 1. The molecule has 0 spiro atoms. The van der Waals surface area contributed by atoms with Crippen LogP contribution in [0.3, 0.4) is 0 Å². The summed E-state index contributed by atoms with van der Waals surface area (Å²) in [5, 5.41) is 25.8. The molecular formula is C24H20N4O3. The van der Waals surface area contributed by atoms with Gasteiger partial charge >= 0.3 is 0 Å². The van der Waals surface area contributed by atoms with Gasteiger partial charge in [0.1, 0.15) is 23.5 Å². The maximum atomic E-state index is 11.6. The molecule has 0 aliphatic rings. The molecule has 0 radical (unpaired) electrons. The Morgan fingerprint density at radius 3 is 1.94 bits per heavy atom. The second-order valence-electron chi connectivity index (χ2n) is 6.31. The van der Waals surface area contributed by atoms with Crippen LogP contribution in [0.5, 0.6) is 11.5 Å². The van der Waals surface area contributed by atoms with Gasteiger partial charge in [0, 0.05) is 23.9 Å². The average molecular weight is 412 g/mol. The summed E-state index contributed by atoms with van der Waals surface area (Å²) in [6, 6.07) is 21.7. The molecule has 0 saturated carbocycles. The first-order valence-corrected chi connectivity index (χ1v) is 9.24. The van der Waals surface area contributed by atoms with Gasteiger partial charge in [-0.15, -0.1) is 0 Å². The van der Waals surface area contributed by atoms with Gasteiger partial charge in [0.2, 0.25) is 0 Å². The van der Waals surface area contributed by atoms with E-state index in [1.54, 1.807) is 49.7 Å². The van der Waals surface area contributed by atoms with Crippen LogP contribution < -0.4 is 9.47 Å². The minimum atomic E-state index is -0.880. The van der Waals surface area contributed by atoms with E-state index >= 15 is 0 Å². The highest BCUT2D eigenvalue weighted by Gasteiger charge is 2.13. The third kappa shape index (κ3) is 6.49. The summed E-state index contributed by atoms with van der Waals surface area (Å²) in [5.74, 6) is 0.393. The van der Waals surface area contributed by atoms with Crippen molar-refractivity contribution < 1.29 is 14.3 Å². The Bertz CT molecular complexity index is 1110. The number of H-pyrrole nitrogens is 1. The molecule has 0 aliphatic carbocycles. The number of ketones is 1. The molecule has 3 aromatic rings. The van der Waals surface area contributed by atoms with E-state index in [2.05, 4.69) is 11.1 Å². The number of Topliss-reactive ketones (excluding diaryl/α,β-unsaturated/α-hetero) is 1. The van der Waals surface area contributed by atoms with Crippen molar-refractivity contribution in [3.05, 3.63) is 71.9 Å². The molecule has 1 heterocycles. The number of nitrogens with one attached hydrogen (secondary N) is 1. The first-order chi connectivity index (χ1) is 15.0. The van der Waals surface area contributed by atoms with E-state index in [-0.39, 0.29) is 12.2 Å². The molecule has 7 heteroatoms. The summed E-state index contributed by atoms with van der Waals surface area (Å²) in [6.45, 7) is 0. The third-order valence-electron chi connectivity index (χ3n) is 4.33.